The first-order valence-electron chi connectivity index (χ1n) is 7.79. The lowest BCUT2D eigenvalue weighted by Gasteiger charge is -2.36. The maximum atomic E-state index is 12.8. The highest BCUT2D eigenvalue weighted by Crippen LogP contribution is 2.44. The molecule has 1 aromatic heterocycles. The number of nitrogens with zero attached hydrogens (tertiary/aromatic N) is 2. The van der Waals surface area contributed by atoms with E-state index in [0.717, 1.165) is 32.4 Å². The van der Waals surface area contributed by atoms with Gasteiger partial charge in [0.1, 0.15) is 0 Å². The van der Waals surface area contributed by atoms with Crippen LogP contribution >= 0.6 is 12.4 Å². The first-order valence-corrected chi connectivity index (χ1v) is 7.79. The monoisotopic (exact) mass is 328 g/mol. The predicted octanol–water partition coefficient (Wildman–Crippen LogP) is 1.67. The zero-order valence-electron chi connectivity index (χ0n) is 13.0. The van der Waals surface area contributed by atoms with Crippen molar-refractivity contribution in [1.29, 1.82) is 0 Å². The van der Waals surface area contributed by atoms with Crippen molar-refractivity contribution in [3.05, 3.63) is 12.3 Å². The molecular formula is C15H25ClN4O2. The van der Waals surface area contributed by atoms with Crippen molar-refractivity contribution in [1.82, 2.24) is 15.1 Å². The predicted molar refractivity (Wildman–Crippen MR) is 87.2 cm³/mol. The van der Waals surface area contributed by atoms with Gasteiger partial charge in [0.25, 0.3) is 0 Å². The van der Waals surface area contributed by atoms with Crippen molar-refractivity contribution in [3.8, 4) is 0 Å². The standard InChI is InChI=1S/C15H24N4O2.ClH/c1-21-9-8-19-7-5-13(18-19)17-14(20)15-6-3-2-4-12(15)10-16-11-15;/h5,7,12,16H,2-4,6,8-11H2,1H3,(H,17,18,20);1H/t12-,15+;/m0./s1. The number of anilines is 1. The summed E-state index contributed by atoms with van der Waals surface area (Å²) in [6.07, 6.45) is 6.40. The van der Waals surface area contributed by atoms with Crippen LogP contribution in [0.3, 0.4) is 0 Å². The van der Waals surface area contributed by atoms with E-state index in [4.69, 9.17) is 4.74 Å². The van der Waals surface area contributed by atoms with Gasteiger partial charge in [-0.3, -0.25) is 9.48 Å². The van der Waals surface area contributed by atoms with Crippen LogP contribution in [-0.2, 0) is 16.1 Å². The number of carbonyl (C=O) groups is 1. The van der Waals surface area contributed by atoms with Crippen LogP contribution in [0.1, 0.15) is 25.7 Å². The number of rotatable bonds is 5. The Labute approximate surface area is 137 Å². The Bertz CT molecular complexity index is 507. The fourth-order valence-corrected chi connectivity index (χ4v) is 3.67. The number of fused-ring (bicyclic) bond motifs is 1. The van der Waals surface area contributed by atoms with E-state index in [9.17, 15) is 4.79 Å². The molecular weight excluding hydrogens is 304 g/mol. The molecule has 2 heterocycles. The largest absolute Gasteiger partial charge is 0.383 e. The molecule has 6 nitrogen and oxygen atoms in total. The van der Waals surface area contributed by atoms with E-state index in [1.807, 2.05) is 12.3 Å². The first kappa shape index (κ1) is 17.2. The fraction of sp³-hybridized carbons (Fsp3) is 0.733. The third kappa shape index (κ3) is 3.29. The lowest BCUT2D eigenvalue weighted by Crippen LogP contribution is -2.44. The van der Waals surface area contributed by atoms with Gasteiger partial charge < -0.3 is 15.4 Å². The SMILES string of the molecule is COCCn1ccc(NC(=O)[C@@]23CCCC[C@H]2CNC3)n1.Cl. The Morgan fingerprint density at radius 1 is 1.59 bits per heavy atom. The molecule has 0 spiro atoms. The molecule has 2 fully saturated rings. The summed E-state index contributed by atoms with van der Waals surface area (Å²) in [6, 6.07) is 1.85. The van der Waals surface area contributed by atoms with Crippen molar-refractivity contribution >= 4 is 24.1 Å². The number of amides is 1. The molecule has 2 atom stereocenters. The lowest BCUT2D eigenvalue weighted by molar-refractivity contribution is -0.128. The van der Waals surface area contributed by atoms with Gasteiger partial charge in [0.2, 0.25) is 5.91 Å². The molecule has 1 saturated heterocycles. The minimum Gasteiger partial charge on any atom is -0.383 e. The third-order valence-electron chi connectivity index (χ3n) is 4.90. The first-order chi connectivity index (χ1) is 10.2. The number of aromatic nitrogens is 2. The highest BCUT2D eigenvalue weighted by atomic mass is 35.5. The molecule has 3 rings (SSSR count). The summed E-state index contributed by atoms with van der Waals surface area (Å²) < 4.78 is 6.82. The maximum absolute atomic E-state index is 12.8. The maximum Gasteiger partial charge on any atom is 0.233 e. The van der Waals surface area contributed by atoms with Crippen LogP contribution in [0.2, 0.25) is 0 Å². The summed E-state index contributed by atoms with van der Waals surface area (Å²) in [5.74, 6) is 1.25. The van der Waals surface area contributed by atoms with Crippen LogP contribution in [0.25, 0.3) is 0 Å². The summed E-state index contributed by atoms with van der Waals surface area (Å²) in [6.45, 7) is 3.08. The molecule has 7 heteroatoms. The zero-order valence-corrected chi connectivity index (χ0v) is 13.8. The van der Waals surface area contributed by atoms with Crippen molar-refractivity contribution in [3.63, 3.8) is 0 Å². The van der Waals surface area contributed by atoms with Gasteiger partial charge in [0.15, 0.2) is 5.82 Å². The number of hydrogen-bond acceptors (Lipinski definition) is 4. The molecule has 0 radical (unpaired) electrons. The topological polar surface area (TPSA) is 68.2 Å². The summed E-state index contributed by atoms with van der Waals surface area (Å²) >= 11 is 0. The van der Waals surface area contributed by atoms with Gasteiger partial charge in [-0.25, -0.2) is 0 Å². The average Bonchev–Trinajstić information content (AvgIpc) is 3.12. The van der Waals surface area contributed by atoms with Crippen LogP contribution in [0.5, 0.6) is 0 Å². The molecule has 0 aromatic carbocycles. The second-order valence-corrected chi connectivity index (χ2v) is 6.14. The Morgan fingerprint density at radius 3 is 3.27 bits per heavy atom. The van der Waals surface area contributed by atoms with Crippen molar-refractivity contribution < 1.29 is 9.53 Å². The van der Waals surface area contributed by atoms with Crippen LogP contribution in [0.15, 0.2) is 12.3 Å². The number of hydrogen-bond donors (Lipinski definition) is 2. The molecule has 22 heavy (non-hydrogen) atoms. The lowest BCUT2D eigenvalue weighted by atomic mass is 9.67. The van der Waals surface area contributed by atoms with E-state index in [1.54, 1.807) is 11.8 Å². The number of methoxy groups -OCH3 is 1. The minimum atomic E-state index is -0.228. The van der Waals surface area contributed by atoms with E-state index < -0.39 is 0 Å². The quantitative estimate of drug-likeness (QED) is 0.862. The summed E-state index contributed by atoms with van der Waals surface area (Å²) in [5, 5.41) is 10.8. The second-order valence-electron chi connectivity index (χ2n) is 6.14. The van der Waals surface area contributed by atoms with Gasteiger partial charge >= 0.3 is 0 Å². The summed E-state index contributed by atoms with van der Waals surface area (Å²) in [7, 11) is 1.67. The highest BCUT2D eigenvalue weighted by molar-refractivity contribution is 5.95. The van der Waals surface area contributed by atoms with E-state index in [0.29, 0.717) is 24.9 Å². The molecule has 2 aliphatic rings. The van der Waals surface area contributed by atoms with Gasteiger partial charge in [-0.15, -0.1) is 12.4 Å². The van der Waals surface area contributed by atoms with Crippen LogP contribution in [0, 0.1) is 11.3 Å². The Balaban J connectivity index is 0.00000176. The van der Waals surface area contributed by atoms with Crippen molar-refractivity contribution in [2.75, 3.05) is 32.1 Å². The second kappa shape index (κ2) is 7.44. The number of ether oxygens (including phenoxy) is 1. The van der Waals surface area contributed by atoms with Crippen molar-refractivity contribution in [2.24, 2.45) is 11.3 Å². The Morgan fingerprint density at radius 2 is 2.45 bits per heavy atom. The Kier molecular flexibility index (Phi) is 5.83. The highest BCUT2D eigenvalue weighted by Gasteiger charge is 2.49. The molecule has 1 amide bonds. The van der Waals surface area contributed by atoms with Crippen LogP contribution in [-0.4, -0.2) is 42.5 Å². The van der Waals surface area contributed by atoms with Gasteiger partial charge in [-0.1, -0.05) is 12.8 Å². The molecule has 124 valence electrons. The molecule has 1 aliphatic carbocycles. The van der Waals surface area contributed by atoms with E-state index >= 15 is 0 Å². The normalized spacial score (nSPS) is 27.0. The molecule has 1 aromatic rings. The Hall–Kier alpha value is -1.11. The van der Waals surface area contributed by atoms with Crippen LogP contribution in [0.4, 0.5) is 5.82 Å². The van der Waals surface area contributed by atoms with E-state index in [2.05, 4.69) is 15.7 Å². The molecule has 0 bridgehead atoms. The molecule has 0 unspecified atom stereocenters. The number of nitrogens with one attached hydrogen (secondary N) is 2. The third-order valence-corrected chi connectivity index (χ3v) is 4.90. The van der Waals surface area contributed by atoms with Gasteiger partial charge in [-0.05, 0) is 25.3 Å². The minimum absolute atomic E-state index is 0. The average molecular weight is 329 g/mol. The van der Waals surface area contributed by atoms with Crippen LogP contribution < -0.4 is 10.6 Å². The van der Waals surface area contributed by atoms with Gasteiger partial charge in [-0.2, -0.15) is 5.10 Å². The zero-order chi connectivity index (χ0) is 14.7. The summed E-state index contributed by atoms with van der Waals surface area (Å²) in [5.41, 5.74) is -0.228. The number of carbonyl (C=O) groups excluding carboxylic acids is 1. The molecule has 1 saturated carbocycles. The van der Waals surface area contributed by atoms with Gasteiger partial charge in [0.05, 0.1) is 18.6 Å². The van der Waals surface area contributed by atoms with Gasteiger partial charge in [0, 0.05) is 25.9 Å². The number of halogens is 1. The van der Waals surface area contributed by atoms with E-state index in [-0.39, 0.29) is 23.7 Å². The molecule has 2 N–H and O–H groups in total. The van der Waals surface area contributed by atoms with Crippen molar-refractivity contribution in [2.45, 2.75) is 32.2 Å². The molecule has 1 aliphatic heterocycles. The smallest absolute Gasteiger partial charge is 0.233 e. The summed E-state index contributed by atoms with van der Waals surface area (Å²) in [4.78, 5) is 12.8. The van der Waals surface area contributed by atoms with E-state index in [1.165, 1.54) is 6.42 Å². The fourth-order valence-electron chi connectivity index (χ4n) is 3.67.